The van der Waals surface area contributed by atoms with E-state index in [0.29, 0.717) is 6.54 Å². The summed E-state index contributed by atoms with van der Waals surface area (Å²) in [6.45, 7) is 3.88. The van der Waals surface area contributed by atoms with Gasteiger partial charge in [-0.15, -0.1) is 0 Å². The summed E-state index contributed by atoms with van der Waals surface area (Å²) in [6, 6.07) is -1.34. The Labute approximate surface area is 89.3 Å². The molecule has 0 amide bonds. The molecule has 3 atom stereocenters. The SMILES string of the molecule is CCCCN1[C@@H](C(=O)O)[C@](C)(O)[C@H]1CO. The van der Waals surface area contributed by atoms with Gasteiger partial charge in [0.15, 0.2) is 0 Å². The van der Waals surface area contributed by atoms with E-state index in [1.807, 2.05) is 6.92 Å². The van der Waals surface area contributed by atoms with Crippen LogP contribution in [-0.4, -0.2) is 57.0 Å². The molecule has 1 fully saturated rings. The van der Waals surface area contributed by atoms with Crippen LogP contribution in [0.1, 0.15) is 26.7 Å². The van der Waals surface area contributed by atoms with Gasteiger partial charge < -0.3 is 15.3 Å². The van der Waals surface area contributed by atoms with E-state index in [2.05, 4.69) is 0 Å². The number of unbranched alkanes of at least 4 members (excludes halogenated alkanes) is 1. The molecule has 0 radical (unpaired) electrons. The molecule has 5 heteroatoms. The maximum atomic E-state index is 10.9. The van der Waals surface area contributed by atoms with Crippen LogP contribution >= 0.6 is 0 Å². The molecular formula is C10H19NO4. The van der Waals surface area contributed by atoms with Gasteiger partial charge in [-0.3, -0.25) is 9.69 Å². The smallest absolute Gasteiger partial charge is 0.324 e. The second kappa shape index (κ2) is 4.47. The van der Waals surface area contributed by atoms with Crippen LogP contribution in [0.4, 0.5) is 0 Å². The topological polar surface area (TPSA) is 81.0 Å². The van der Waals surface area contributed by atoms with Gasteiger partial charge in [-0.25, -0.2) is 0 Å². The van der Waals surface area contributed by atoms with Gasteiger partial charge in [-0.1, -0.05) is 13.3 Å². The maximum Gasteiger partial charge on any atom is 0.324 e. The molecule has 1 aliphatic heterocycles. The van der Waals surface area contributed by atoms with E-state index in [-0.39, 0.29) is 6.61 Å². The molecule has 5 nitrogen and oxygen atoms in total. The lowest BCUT2D eigenvalue weighted by Crippen LogP contribution is -2.78. The van der Waals surface area contributed by atoms with Crippen molar-refractivity contribution < 1.29 is 20.1 Å². The van der Waals surface area contributed by atoms with E-state index in [0.717, 1.165) is 12.8 Å². The minimum Gasteiger partial charge on any atom is -0.480 e. The van der Waals surface area contributed by atoms with Gasteiger partial charge in [-0.2, -0.15) is 0 Å². The number of likely N-dealkylation sites (tertiary alicyclic amines) is 1. The Morgan fingerprint density at radius 3 is 2.53 bits per heavy atom. The quantitative estimate of drug-likeness (QED) is 0.587. The Morgan fingerprint density at radius 1 is 1.53 bits per heavy atom. The largest absolute Gasteiger partial charge is 0.480 e. The fourth-order valence-electron chi connectivity index (χ4n) is 2.26. The van der Waals surface area contributed by atoms with Crippen molar-refractivity contribution in [2.75, 3.05) is 13.2 Å². The van der Waals surface area contributed by atoms with Crippen molar-refractivity contribution in [1.82, 2.24) is 4.90 Å². The predicted octanol–water partition coefficient (Wildman–Crippen LogP) is -0.333. The zero-order chi connectivity index (χ0) is 11.6. The number of carbonyl (C=O) groups is 1. The molecule has 0 saturated carbocycles. The van der Waals surface area contributed by atoms with E-state index in [1.54, 1.807) is 4.90 Å². The van der Waals surface area contributed by atoms with Gasteiger partial charge in [0.05, 0.1) is 12.6 Å². The predicted molar refractivity (Wildman–Crippen MR) is 54.5 cm³/mol. The summed E-state index contributed by atoms with van der Waals surface area (Å²) in [4.78, 5) is 12.6. The van der Waals surface area contributed by atoms with E-state index in [4.69, 9.17) is 10.2 Å². The zero-order valence-electron chi connectivity index (χ0n) is 9.18. The van der Waals surface area contributed by atoms with Gasteiger partial charge in [-0.05, 0) is 19.9 Å². The molecule has 0 aromatic rings. The average molecular weight is 217 g/mol. The Kier molecular flexibility index (Phi) is 3.70. The number of rotatable bonds is 5. The summed E-state index contributed by atoms with van der Waals surface area (Å²) in [5, 5.41) is 28.0. The van der Waals surface area contributed by atoms with Crippen molar-refractivity contribution in [3.8, 4) is 0 Å². The lowest BCUT2D eigenvalue weighted by atomic mass is 9.76. The molecule has 88 valence electrons. The second-order valence-corrected chi connectivity index (χ2v) is 4.26. The van der Waals surface area contributed by atoms with E-state index >= 15 is 0 Å². The lowest BCUT2D eigenvalue weighted by molar-refractivity contribution is -0.214. The highest BCUT2D eigenvalue weighted by Gasteiger charge is 2.59. The summed E-state index contributed by atoms with van der Waals surface area (Å²) >= 11 is 0. The molecule has 1 rings (SSSR count). The second-order valence-electron chi connectivity index (χ2n) is 4.26. The van der Waals surface area contributed by atoms with Gasteiger partial charge in [0.2, 0.25) is 0 Å². The molecular weight excluding hydrogens is 198 g/mol. The number of nitrogens with zero attached hydrogens (tertiary/aromatic N) is 1. The Morgan fingerprint density at radius 2 is 2.13 bits per heavy atom. The van der Waals surface area contributed by atoms with Crippen molar-refractivity contribution in [1.29, 1.82) is 0 Å². The van der Waals surface area contributed by atoms with Crippen LogP contribution in [0.5, 0.6) is 0 Å². The van der Waals surface area contributed by atoms with Crippen LogP contribution in [0.2, 0.25) is 0 Å². The molecule has 0 aromatic heterocycles. The van der Waals surface area contributed by atoms with E-state index in [1.165, 1.54) is 6.92 Å². The molecule has 0 spiro atoms. The van der Waals surface area contributed by atoms with Gasteiger partial charge in [0.25, 0.3) is 0 Å². The first-order valence-electron chi connectivity index (χ1n) is 5.28. The third-order valence-corrected chi connectivity index (χ3v) is 3.14. The Bertz CT molecular complexity index is 242. The summed E-state index contributed by atoms with van der Waals surface area (Å²) in [5.41, 5.74) is -1.33. The van der Waals surface area contributed by atoms with Crippen LogP contribution < -0.4 is 0 Å². The first-order valence-corrected chi connectivity index (χ1v) is 5.28. The molecule has 0 aromatic carbocycles. The Hall–Kier alpha value is -0.650. The summed E-state index contributed by atoms with van der Waals surface area (Å²) < 4.78 is 0. The molecule has 0 unspecified atom stereocenters. The fraction of sp³-hybridized carbons (Fsp3) is 0.900. The first-order chi connectivity index (χ1) is 6.96. The van der Waals surface area contributed by atoms with Crippen LogP contribution in [0.25, 0.3) is 0 Å². The van der Waals surface area contributed by atoms with Crippen molar-refractivity contribution in [3.05, 3.63) is 0 Å². The van der Waals surface area contributed by atoms with Crippen LogP contribution in [0, 0.1) is 0 Å². The summed E-state index contributed by atoms with van der Waals surface area (Å²) in [6.07, 6.45) is 1.83. The van der Waals surface area contributed by atoms with Crippen molar-refractivity contribution in [3.63, 3.8) is 0 Å². The van der Waals surface area contributed by atoms with Gasteiger partial charge in [0.1, 0.15) is 11.6 Å². The van der Waals surface area contributed by atoms with E-state index < -0.39 is 23.7 Å². The lowest BCUT2D eigenvalue weighted by Gasteiger charge is -2.56. The molecule has 1 aliphatic rings. The minimum atomic E-state index is -1.33. The number of carboxylic acid groups (broad SMARTS) is 1. The number of aliphatic carboxylic acids is 1. The Balaban J connectivity index is 2.70. The standard InChI is InChI=1S/C10H19NO4/c1-3-4-5-11-7(6-12)10(2,15)8(11)9(13)14/h7-8,12,15H,3-6H2,1-2H3,(H,13,14)/t7-,8+,10-/m1/s1. The third-order valence-electron chi connectivity index (χ3n) is 3.14. The fourth-order valence-corrected chi connectivity index (χ4v) is 2.26. The minimum absolute atomic E-state index is 0.208. The summed E-state index contributed by atoms with van der Waals surface area (Å²) in [7, 11) is 0. The zero-order valence-corrected chi connectivity index (χ0v) is 9.18. The molecule has 1 saturated heterocycles. The van der Waals surface area contributed by atoms with Crippen LogP contribution in [-0.2, 0) is 4.79 Å². The number of aliphatic hydroxyl groups is 2. The number of carboxylic acids is 1. The average Bonchev–Trinajstić information content (AvgIpc) is 2.11. The number of aliphatic hydroxyl groups excluding tert-OH is 1. The van der Waals surface area contributed by atoms with Crippen molar-refractivity contribution in [2.24, 2.45) is 0 Å². The highest BCUT2D eigenvalue weighted by atomic mass is 16.4. The van der Waals surface area contributed by atoms with Crippen molar-refractivity contribution in [2.45, 2.75) is 44.4 Å². The number of hydrogen-bond acceptors (Lipinski definition) is 4. The molecule has 3 N–H and O–H groups in total. The molecule has 1 heterocycles. The van der Waals surface area contributed by atoms with Gasteiger partial charge in [0, 0.05) is 0 Å². The molecule has 0 aliphatic carbocycles. The summed E-state index contributed by atoms with van der Waals surface area (Å²) in [5.74, 6) is -1.03. The van der Waals surface area contributed by atoms with E-state index in [9.17, 15) is 9.90 Å². The third kappa shape index (κ3) is 2.00. The maximum absolute atomic E-state index is 10.9. The highest BCUT2D eigenvalue weighted by Crippen LogP contribution is 2.36. The molecule has 15 heavy (non-hydrogen) atoms. The van der Waals surface area contributed by atoms with Gasteiger partial charge >= 0.3 is 5.97 Å². The molecule has 0 bridgehead atoms. The van der Waals surface area contributed by atoms with Crippen molar-refractivity contribution >= 4 is 5.97 Å². The normalized spacial score (nSPS) is 36.3. The monoisotopic (exact) mass is 217 g/mol. The first kappa shape index (κ1) is 12.4. The number of hydrogen-bond donors (Lipinski definition) is 3. The highest BCUT2D eigenvalue weighted by molar-refractivity contribution is 5.77. The van der Waals surface area contributed by atoms with Crippen LogP contribution in [0.15, 0.2) is 0 Å². The van der Waals surface area contributed by atoms with Crippen LogP contribution in [0.3, 0.4) is 0 Å².